The molecule has 1 rings (SSSR count). The second kappa shape index (κ2) is 6.76. The molecule has 0 saturated carbocycles. The van der Waals surface area contributed by atoms with E-state index < -0.39 is 0 Å². The highest BCUT2D eigenvalue weighted by Gasteiger charge is 2.39. The quantitative estimate of drug-likeness (QED) is 0.787. The Hall–Kier alpha value is -1.06. The van der Waals surface area contributed by atoms with Crippen molar-refractivity contribution >= 4 is 11.8 Å². The van der Waals surface area contributed by atoms with Crippen molar-refractivity contribution in [3.8, 4) is 0 Å². The molecule has 2 amide bonds. The molecule has 0 aromatic carbocycles. The Morgan fingerprint density at radius 2 is 1.94 bits per heavy atom. The van der Waals surface area contributed by atoms with Gasteiger partial charge in [-0.3, -0.25) is 9.59 Å². The average molecular weight is 254 g/mol. The van der Waals surface area contributed by atoms with Gasteiger partial charge in [0.2, 0.25) is 11.8 Å². The molecule has 18 heavy (non-hydrogen) atoms. The maximum atomic E-state index is 12.4. The number of carbonyl (C=O) groups excluding carboxylic acids is 2. The number of piperazine rings is 1. The molecule has 1 heterocycles. The molecular weight excluding hydrogens is 228 g/mol. The van der Waals surface area contributed by atoms with Gasteiger partial charge in [-0.2, -0.15) is 0 Å². The lowest BCUT2D eigenvalue weighted by atomic mass is 9.99. The van der Waals surface area contributed by atoms with Crippen LogP contribution in [0.2, 0.25) is 0 Å². The summed E-state index contributed by atoms with van der Waals surface area (Å²) in [7, 11) is 0. The molecule has 0 aliphatic carbocycles. The predicted octanol–water partition coefficient (Wildman–Crippen LogP) is 1.94. The van der Waals surface area contributed by atoms with Crippen LogP contribution in [0.1, 0.15) is 53.4 Å². The molecule has 0 aromatic heterocycles. The van der Waals surface area contributed by atoms with Crippen molar-refractivity contribution in [1.29, 1.82) is 0 Å². The average Bonchev–Trinajstić information content (AvgIpc) is 2.35. The topological polar surface area (TPSA) is 49.4 Å². The van der Waals surface area contributed by atoms with E-state index in [0.717, 1.165) is 19.3 Å². The third-order valence-electron chi connectivity index (χ3n) is 3.75. The van der Waals surface area contributed by atoms with Crippen molar-refractivity contribution < 1.29 is 9.59 Å². The van der Waals surface area contributed by atoms with Gasteiger partial charge in [-0.25, -0.2) is 0 Å². The molecule has 0 bridgehead atoms. The molecule has 3 unspecified atom stereocenters. The summed E-state index contributed by atoms with van der Waals surface area (Å²) in [4.78, 5) is 26.2. The van der Waals surface area contributed by atoms with E-state index in [1.807, 2.05) is 13.8 Å². The molecular formula is C14H26N2O2. The minimum absolute atomic E-state index is 0.0128. The summed E-state index contributed by atoms with van der Waals surface area (Å²) in [5.41, 5.74) is 0. The first-order valence-electron chi connectivity index (χ1n) is 7.15. The van der Waals surface area contributed by atoms with Crippen molar-refractivity contribution in [2.24, 2.45) is 5.92 Å². The number of hydrogen-bond acceptors (Lipinski definition) is 2. The predicted molar refractivity (Wildman–Crippen MR) is 72.1 cm³/mol. The number of amides is 2. The lowest BCUT2D eigenvalue weighted by molar-refractivity contribution is -0.150. The summed E-state index contributed by atoms with van der Waals surface area (Å²) in [5.74, 6) is 0.554. The lowest BCUT2D eigenvalue weighted by Crippen LogP contribution is -2.63. The van der Waals surface area contributed by atoms with E-state index >= 15 is 0 Å². The van der Waals surface area contributed by atoms with E-state index in [4.69, 9.17) is 0 Å². The van der Waals surface area contributed by atoms with Gasteiger partial charge in [-0.1, -0.05) is 40.5 Å². The van der Waals surface area contributed by atoms with Crippen molar-refractivity contribution in [3.63, 3.8) is 0 Å². The Morgan fingerprint density at radius 1 is 1.28 bits per heavy atom. The van der Waals surface area contributed by atoms with Crippen LogP contribution < -0.4 is 5.32 Å². The minimum atomic E-state index is -0.311. The summed E-state index contributed by atoms with van der Waals surface area (Å²) in [6, 6.07) is -0.589. The van der Waals surface area contributed by atoms with Crippen LogP contribution in [0.3, 0.4) is 0 Å². The zero-order chi connectivity index (χ0) is 13.7. The number of carbonyl (C=O) groups is 2. The van der Waals surface area contributed by atoms with Crippen LogP contribution in [0.4, 0.5) is 0 Å². The molecule has 104 valence electrons. The van der Waals surface area contributed by atoms with Crippen molar-refractivity contribution in [1.82, 2.24) is 10.2 Å². The Morgan fingerprint density at radius 3 is 2.44 bits per heavy atom. The highest BCUT2D eigenvalue weighted by atomic mass is 16.2. The van der Waals surface area contributed by atoms with E-state index in [2.05, 4.69) is 19.2 Å². The van der Waals surface area contributed by atoms with Gasteiger partial charge in [0.05, 0.1) is 0 Å². The van der Waals surface area contributed by atoms with Crippen LogP contribution >= 0.6 is 0 Å². The second-order valence-electron chi connectivity index (χ2n) is 5.28. The monoisotopic (exact) mass is 254 g/mol. The van der Waals surface area contributed by atoms with Gasteiger partial charge >= 0.3 is 0 Å². The van der Waals surface area contributed by atoms with Gasteiger partial charge in [-0.05, 0) is 18.8 Å². The Labute approximate surface area is 110 Å². The number of nitrogens with one attached hydrogen (secondary N) is 1. The van der Waals surface area contributed by atoms with Gasteiger partial charge < -0.3 is 10.2 Å². The zero-order valence-corrected chi connectivity index (χ0v) is 12.0. The third-order valence-corrected chi connectivity index (χ3v) is 3.75. The van der Waals surface area contributed by atoms with Gasteiger partial charge in [-0.15, -0.1) is 0 Å². The standard InChI is InChI=1S/C14H26N2O2/c1-5-8-11-14(18)16(9-10(4)6-2)12(7-3)13(17)15-11/h10-12H,5-9H2,1-4H3,(H,15,17). The maximum Gasteiger partial charge on any atom is 0.245 e. The van der Waals surface area contributed by atoms with Crippen LogP contribution in [0.5, 0.6) is 0 Å². The highest BCUT2D eigenvalue weighted by molar-refractivity contribution is 5.96. The van der Waals surface area contributed by atoms with Gasteiger partial charge in [0.1, 0.15) is 12.1 Å². The molecule has 1 aliphatic heterocycles. The molecule has 1 N–H and O–H groups in total. The van der Waals surface area contributed by atoms with Crippen molar-refractivity contribution in [2.45, 2.75) is 65.5 Å². The van der Waals surface area contributed by atoms with Crippen LogP contribution in [0.25, 0.3) is 0 Å². The molecule has 1 fully saturated rings. The Balaban J connectivity index is 2.83. The fraction of sp³-hybridized carbons (Fsp3) is 0.857. The molecule has 1 saturated heterocycles. The second-order valence-corrected chi connectivity index (χ2v) is 5.28. The van der Waals surface area contributed by atoms with Crippen LogP contribution in [-0.4, -0.2) is 35.3 Å². The summed E-state index contributed by atoms with van der Waals surface area (Å²) in [6.07, 6.45) is 3.36. The fourth-order valence-corrected chi connectivity index (χ4v) is 2.40. The highest BCUT2D eigenvalue weighted by Crippen LogP contribution is 2.18. The summed E-state index contributed by atoms with van der Waals surface area (Å²) in [5, 5.41) is 2.86. The normalized spacial score (nSPS) is 26.1. The number of hydrogen-bond donors (Lipinski definition) is 1. The SMILES string of the molecule is CCCC1NC(=O)C(CC)N(CC(C)CC)C1=O. The first-order valence-corrected chi connectivity index (χ1v) is 7.15. The minimum Gasteiger partial charge on any atom is -0.343 e. The fourth-order valence-electron chi connectivity index (χ4n) is 2.40. The summed E-state index contributed by atoms with van der Waals surface area (Å²) < 4.78 is 0. The first kappa shape index (κ1) is 15.0. The molecule has 0 radical (unpaired) electrons. The molecule has 0 aromatic rings. The molecule has 1 aliphatic rings. The maximum absolute atomic E-state index is 12.4. The number of rotatable bonds is 6. The van der Waals surface area contributed by atoms with E-state index in [0.29, 0.717) is 18.9 Å². The zero-order valence-electron chi connectivity index (χ0n) is 12.0. The van der Waals surface area contributed by atoms with E-state index in [-0.39, 0.29) is 23.9 Å². The van der Waals surface area contributed by atoms with Crippen LogP contribution in [0.15, 0.2) is 0 Å². The Bertz CT molecular complexity index is 304. The van der Waals surface area contributed by atoms with Crippen molar-refractivity contribution in [2.75, 3.05) is 6.54 Å². The largest absolute Gasteiger partial charge is 0.343 e. The van der Waals surface area contributed by atoms with Gasteiger partial charge in [0.25, 0.3) is 0 Å². The molecule has 3 atom stereocenters. The first-order chi connectivity index (χ1) is 8.54. The lowest BCUT2D eigenvalue weighted by Gasteiger charge is -2.39. The number of nitrogens with zero attached hydrogens (tertiary/aromatic N) is 1. The van der Waals surface area contributed by atoms with E-state index in [1.165, 1.54) is 0 Å². The third kappa shape index (κ3) is 3.24. The van der Waals surface area contributed by atoms with Crippen LogP contribution in [0, 0.1) is 5.92 Å². The summed E-state index contributed by atoms with van der Waals surface area (Å²) >= 11 is 0. The van der Waals surface area contributed by atoms with Crippen LogP contribution in [-0.2, 0) is 9.59 Å². The molecule has 4 nitrogen and oxygen atoms in total. The smallest absolute Gasteiger partial charge is 0.245 e. The van der Waals surface area contributed by atoms with E-state index in [1.54, 1.807) is 4.90 Å². The summed E-state index contributed by atoms with van der Waals surface area (Å²) in [6.45, 7) is 8.93. The molecule has 0 spiro atoms. The molecule has 4 heteroatoms. The van der Waals surface area contributed by atoms with E-state index in [9.17, 15) is 9.59 Å². The van der Waals surface area contributed by atoms with Gasteiger partial charge in [0, 0.05) is 6.54 Å². The Kier molecular flexibility index (Phi) is 5.63. The van der Waals surface area contributed by atoms with Crippen molar-refractivity contribution in [3.05, 3.63) is 0 Å². The van der Waals surface area contributed by atoms with Gasteiger partial charge in [0.15, 0.2) is 0 Å².